The van der Waals surface area contributed by atoms with Crippen molar-refractivity contribution in [1.82, 2.24) is 15.0 Å². The van der Waals surface area contributed by atoms with E-state index in [-0.39, 0.29) is 0 Å². The topological polar surface area (TPSA) is 30.7 Å². The van der Waals surface area contributed by atoms with E-state index in [2.05, 4.69) is 37.1 Å². The van der Waals surface area contributed by atoms with Gasteiger partial charge >= 0.3 is 0 Å². The van der Waals surface area contributed by atoms with Crippen molar-refractivity contribution in [3.05, 3.63) is 23.3 Å². The van der Waals surface area contributed by atoms with Gasteiger partial charge in [0.2, 0.25) is 0 Å². The molecule has 0 aliphatic carbocycles. The zero-order chi connectivity index (χ0) is 10.3. The summed E-state index contributed by atoms with van der Waals surface area (Å²) in [6.45, 7) is 6.55. The van der Waals surface area contributed by atoms with Gasteiger partial charge in [0.25, 0.3) is 0 Å². The van der Waals surface area contributed by atoms with Crippen LogP contribution in [-0.2, 0) is 7.05 Å². The smallest absolute Gasteiger partial charge is 0.113 e. The molecule has 0 aliphatic heterocycles. The first-order chi connectivity index (χ1) is 6.61. The van der Waals surface area contributed by atoms with E-state index in [0.717, 1.165) is 5.52 Å². The van der Waals surface area contributed by atoms with Crippen molar-refractivity contribution in [3.8, 4) is 0 Å². The van der Waals surface area contributed by atoms with Crippen LogP contribution in [0.4, 0.5) is 0 Å². The van der Waals surface area contributed by atoms with Gasteiger partial charge < -0.3 is 0 Å². The SMILES string of the molecule is Cc1ccc2nnn(C)c2c1C(C)C. The predicted octanol–water partition coefficient (Wildman–Crippen LogP) is 2.40. The van der Waals surface area contributed by atoms with E-state index < -0.39 is 0 Å². The third kappa shape index (κ3) is 1.20. The molecule has 0 N–H and O–H groups in total. The number of aromatic nitrogens is 3. The van der Waals surface area contributed by atoms with E-state index in [1.807, 2.05) is 17.8 Å². The summed E-state index contributed by atoms with van der Waals surface area (Å²) in [4.78, 5) is 0. The molecule has 0 bridgehead atoms. The first-order valence-electron chi connectivity index (χ1n) is 4.90. The Morgan fingerprint density at radius 3 is 2.64 bits per heavy atom. The van der Waals surface area contributed by atoms with Gasteiger partial charge in [0.05, 0.1) is 5.52 Å². The molecule has 0 saturated carbocycles. The molecule has 74 valence electrons. The van der Waals surface area contributed by atoms with Crippen molar-refractivity contribution in [2.45, 2.75) is 26.7 Å². The van der Waals surface area contributed by atoms with Crippen LogP contribution in [0, 0.1) is 6.92 Å². The van der Waals surface area contributed by atoms with E-state index in [4.69, 9.17) is 0 Å². The largest absolute Gasteiger partial charge is 0.247 e. The molecular formula is C11H15N3. The second kappa shape index (κ2) is 3.08. The monoisotopic (exact) mass is 189 g/mol. The van der Waals surface area contributed by atoms with Gasteiger partial charge in [-0.1, -0.05) is 25.1 Å². The Morgan fingerprint density at radius 2 is 2.00 bits per heavy atom. The summed E-state index contributed by atoms with van der Waals surface area (Å²) in [6, 6.07) is 4.15. The fourth-order valence-corrected chi connectivity index (χ4v) is 2.01. The molecular weight excluding hydrogens is 174 g/mol. The Balaban J connectivity index is 2.87. The highest BCUT2D eigenvalue weighted by molar-refractivity contribution is 5.80. The summed E-state index contributed by atoms with van der Waals surface area (Å²) in [5, 5.41) is 8.16. The maximum atomic E-state index is 4.12. The van der Waals surface area contributed by atoms with Crippen LogP contribution in [0.15, 0.2) is 12.1 Å². The van der Waals surface area contributed by atoms with Gasteiger partial charge in [-0.05, 0) is 30.0 Å². The number of rotatable bonds is 1. The van der Waals surface area contributed by atoms with E-state index in [0.29, 0.717) is 5.92 Å². The third-order valence-corrected chi connectivity index (χ3v) is 2.60. The van der Waals surface area contributed by atoms with Crippen LogP contribution in [-0.4, -0.2) is 15.0 Å². The summed E-state index contributed by atoms with van der Waals surface area (Å²) in [7, 11) is 1.95. The standard InChI is InChI=1S/C11H15N3/c1-7(2)10-8(3)5-6-9-11(10)14(4)13-12-9/h5-7H,1-4H3. The Morgan fingerprint density at radius 1 is 1.29 bits per heavy atom. The maximum Gasteiger partial charge on any atom is 0.113 e. The Hall–Kier alpha value is -1.38. The summed E-state index contributed by atoms with van der Waals surface area (Å²) >= 11 is 0. The fraction of sp³-hybridized carbons (Fsp3) is 0.455. The van der Waals surface area contributed by atoms with Crippen molar-refractivity contribution in [2.75, 3.05) is 0 Å². The maximum absolute atomic E-state index is 4.12. The van der Waals surface area contributed by atoms with E-state index in [1.165, 1.54) is 16.6 Å². The van der Waals surface area contributed by atoms with Crippen LogP contribution in [0.1, 0.15) is 30.9 Å². The Bertz CT molecular complexity index is 469. The van der Waals surface area contributed by atoms with Gasteiger partial charge in [-0.25, -0.2) is 4.68 Å². The van der Waals surface area contributed by atoms with Crippen LogP contribution < -0.4 is 0 Å². The number of aryl methyl sites for hydroxylation is 2. The zero-order valence-corrected chi connectivity index (χ0v) is 9.07. The average Bonchev–Trinajstić information content (AvgIpc) is 2.47. The number of hydrogen-bond acceptors (Lipinski definition) is 2. The second-order valence-electron chi connectivity index (χ2n) is 4.03. The second-order valence-corrected chi connectivity index (χ2v) is 4.03. The van der Waals surface area contributed by atoms with Crippen LogP contribution in [0.2, 0.25) is 0 Å². The van der Waals surface area contributed by atoms with Crippen molar-refractivity contribution < 1.29 is 0 Å². The van der Waals surface area contributed by atoms with E-state index >= 15 is 0 Å². The molecule has 3 nitrogen and oxygen atoms in total. The third-order valence-electron chi connectivity index (χ3n) is 2.60. The molecule has 2 aromatic rings. The first-order valence-corrected chi connectivity index (χ1v) is 4.90. The molecule has 14 heavy (non-hydrogen) atoms. The molecule has 1 aromatic carbocycles. The molecule has 0 amide bonds. The van der Waals surface area contributed by atoms with Gasteiger partial charge in [0.1, 0.15) is 5.52 Å². The van der Waals surface area contributed by atoms with Crippen LogP contribution in [0.25, 0.3) is 11.0 Å². The van der Waals surface area contributed by atoms with Crippen molar-refractivity contribution in [3.63, 3.8) is 0 Å². The van der Waals surface area contributed by atoms with Crippen LogP contribution >= 0.6 is 0 Å². The lowest BCUT2D eigenvalue weighted by molar-refractivity contribution is 0.728. The lowest BCUT2D eigenvalue weighted by atomic mass is 9.96. The summed E-state index contributed by atoms with van der Waals surface area (Å²) in [5.74, 6) is 0.510. The van der Waals surface area contributed by atoms with Crippen molar-refractivity contribution in [1.29, 1.82) is 0 Å². The normalized spacial score (nSPS) is 11.5. The number of fused-ring (bicyclic) bond motifs is 1. The lowest BCUT2D eigenvalue weighted by Gasteiger charge is -2.11. The molecule has 2 rings (SSSR count). The first kappa shape index (κ1) is 9.19. The molecule has 0 fully saturated rings. The van der Waals surface area contributed by atoms with Crippen LogP contribution in [0.5, 0.6) is 0 Å². The molecule has 1 aromatic heterocycles. The van der Waals surface area contributed by atoms with Gasteiger partial charge in [0, 0.05) is 7.05 Å². The summed E-state index contributed by atoms with van der Waals surface area (Å²) in [6.07, 6.45) is 0. The number of benzene rings is 1. The summed E-state index contributed by atoms with van der Waals surface area (Å²) in [5.41, 5.74) is 4.83. The van der Waals surface area contributed by atoms with Crippen molar-refractivity contribution in [2.24, 2.45) is 7.05 Å². The molecule has 0 atom stereocenters. The number of hydrogen-bond donors (Lipinski definition) is 0. The molecule has 0 aliphatic rings. The molecule has 0 unspecified atom stereocenters. The molecule has 0 saturated heterocycles. The van der Waals surface area contributed by atoms with Gasteiger partial charge in [-0.15, -0.1) is 5.10 Å². The number of nitrogens with zero attached hydrogens (tertiary/aromatic N) is 3. The van der Waals surface area contributed by atoms with Gasteiger partial charge in [-0.2, -0.15) is 0 Å². The zero-order valence-electron chi connectivity index (χ0n) is 9.07. The minimum Gasteiger partial charge on any atom is -0.247 e. The minimum atomic E-state index is 0.510. The average molecular weight is 189 g/mol. The quantitative estimate of drug-likeness (QED) is 0.689. The Kier molecular flexibility index (Phi) is 2.02. The highest BCUT2D eigenvalue weighted by atomic mass is 15.4. The Labute approximate surface area is 83.7 Å². The minimum absolute atomic E-state index is 0.510. The molecule has 1 heterocycles. The van der Waals surface area contributed by atoms with Gasteiger partial charge in [0.15, 0.2) is 0 Å². The highest BCUT2D eigenvalue weighted by Crippen LogP contribution is 2.26. The predicted molar refractivity (Wildman–Crippen MR) is 57.3 cm³/mol. The molecule has 3 heteroatoms. The van der Waals surface area contributed by atoms with E-state index in [1.54, 1.807) is 0 Å². The van der Waals surface area contributed by atoms with Crippen molar-refractivity contribution >= 4 is 11.0 Å². The fourth-order valence-electron chi connectivity index (χ4n) is 2.01. The van der Waals surface area contributed by atoms with Crippen LogP contribution in [0.3, 0.4) is 0 Å². The highest BCUT2D eigenvalue weighted by Gasteiger charge is 2.12. The molecule has 0 radical (unpaired) electrons. The van der Waals surface area contributed by atoms with Gasteiger partial charge in [-0.3, -0.25) is 0 Å². The summed E-state index contributed by atoms with van der Waals surface area (Å²) < 4.78 is 1.86. The lowest BCUT2D eigenvalue weighted by Crippen LogP contribution is -1.98. The van der Waals surface area contributed by atoms with E-state index in [9.17, 15) is 0 Å². The molecule has 0 spiro atoms.